The van der Waals surface area contributed by atoms with Gasteiger partial charge in [-0.25, -0.2) is 4.79 Å². The predicted octanol–water partition coefficient (Wildman–Crippen LogP) is 5.19. The van der Waals surface area contributed by atoms with Gasteiger partial charge >= 0.3 is 5.97 Å². The number of likely N-dealkylation sites (tertiary alicyclic amines) is 1. The Morgan fingerprint density at radius 1 is 0.853 bits per heavy atom. The van der Waals surface area contributed by atoms with Crippen molar-refractivity contribution < 1.29 is 14.7 Å². The molecule has 1 amide bonds. The number of piperidine rings is 1. The first-order valence-corrected chi connectivity index (χ1v) is 11.9. The molecule has 1 fully saturated rings. The Morgan fingerprint density at radius 2 is 1.62 bits per heavy atom. The average molecular weight is 456 g/mol. The van der Waals surface area contributed by atoms with Crippen molar-refractivity contribution >= 4 is 28.9 Å². The smallest absolute Gasteiger partial charge is 0.335 e. The summed E-state index contributed by atoms with van der Waals surface area (Å²) >= 11 is 0. The minimum absolute atomic E-state index is 0.0666. The highest BCUT2D eigenvalue weighted by Gasteiger charge is 2.24. The van der Waals surface area contributed by atoms with Crippen molar-refractivity contribution in [2.45, 2.75) is 31.7 Å². The van der Waals surface area contributed by atoms with Gasteiger partial charge in [-0.1, -0.05) is 24.3 Å². The quantitative estimate of drug-likeness (QED) is 0.554. The maximum absolute atomic E-state index is 13.1. The van der Waals surface area contributed by atoms with E-state index in [9.17, 15) is 14.7 Å². The lowest BCUT2D eigenvalue weighted by atomic mass is 10.0. The van der Waals surface area contributed by atoms with E-state index in [1.165, 1.54) is 11.3 Å². The number of benzene rings is 3. The molecule has 3 aromatic rings. The standard InChI is InChI=1S/C28H29N3O3/c32-27(30-17-14-23(15-18-30)29-24-8-3-6-22(19-24)28(33)34)21-10-12-25(13-11-21)31-16-4-7-20-5-1-2-9-26(20)31/h1-3,5-6,8-13,19,23,29H,4,7,14-18H2,(H,33,34). The second-order valence-electron chi connectivity index (χ2n) is 9.03. The number of aromatic carboxylic acids is 1. The second-order valence-corrected chi connectivity index (χ2v) is 9.03. The molecular formula is C28H29N3O3. The van der Waals surface area contributed by atoms with Gasteiger partial charge in [0.05, 0.1) is 5.56 Å². The number of hydrogen-bond donors (Lipinski definition) is 2. The summed E-state index contributed by atoms with van der Waals surface area (Å²) in [6.45, 7) is 2.34. The molecule has 0 aromatic heterocycles. The fraction of sp³-hybridized carbons (Fsp3) is 0.286. The monoisotopic (exact) mass is 455 g/mol. The maximum atomic E-state index is 13.1. The largest absolute Gasteiger partial charge is 0.478 e. The summed E-state index contributed by atoms with van der Waals surface area (Å²) in [5.41, 5.74) is 5.55. The Hall–Kier alpha value is -3.80. The molecule has 0 radical (unpaired) electrons. The lowest BCUT2D eigenvalue weighted by molar-refractivity contribution is 0.0693. The molecule has 0 unspecified atom stereocenters. The molecule has 2 aliphatic rings. The second kappa shape index (κ2) is 9.59. The Balaban J connectivity index is 1.19. The predicted molar refractivity (Wildman–Crippen MR) is 134 cm³/mol. The van der Waals surface area contributed by atoms with E-state index in [1.54, 1.807) is 18.2 Å². The molecule has 3 aromatic carbocycles. The first kappa shape index (κ1) is 22.0. The topological polar surface area (TPSA) is 72.9 Å². The van der Waals surface area contributed by atoms with Crippen LogP contribution in [0.5, 0.6) is 0 Å². The average Bonchev–Trinajstić information content (AvgIpc) is 2.89. The molecule has 174 valence electrons. The molecule has 34 heavy (non-hydrogen) atoms. The SMILES string of the molecule is O=C(O)c1cccc(NC2CCN(C(=O)c3ccc(N4CCCc5ccccc54)cc3)CC2)c1. The van der Waals surface area contributed by atoms with E-state index in [0.29, 0.717) is 13.1 Å². The van der Waals surface area contributed by atoms with E-state index < -0.39 is 5.97 Å². The van der Waals surface area contributed by atoms with E-state index >= 15 is 0 Å². The van der Waals surface area contributed by atoms with Crippen LogP contribution in [0, 0.1) is 0 Å². The zero-order valence-corrected chi connectivity index (χ0v) is 19.1. The molecule has 6 nitrogen and oxygen atoms in total. The number of rotatable bonds is 5. The number of para-hydroxylation sites is 1. The van der Waals surface area contributed by atoms with Crippen LogP contribution in [-0.2, 0) is 6.42 Å². The summed E-state index contributed by atoms with van der Waals surface area (Å²) in [5, 5.41) is 12.6. The van der Waals surface area contributed by atoms with Crippen LogP contribution in [0.25, 0.3) is 0 Å². The number of carbonyl (C=O) groups excluding carboxylic acids is 1. The molecule has 6 heteroatoms. The summed E-state index contributed by atoms with van der Waals surface area (Å²) < 4.78 is 0. The number of carboxylic acid groups (broad SMARTS) is 1. The van der Waals surface area contributed by atoms with Crippen molar-refractivity contribution in [3.05, 3.63) is 89.5 Å². The van der Waals surface area contributed by atoms with Gasteiger partial charge in [-0.2, -0.15) is 0 Å². The normalized spacial score (nSPS) is 16.1. The van der Waals surface area contributed by atoms with Gasteiger partial charge in [0.1, 0.15) is 0 Å². The molecule has 2 N–H and O–H groups in total. The third-order valence-electron chi connectivity index (χ3n) is 6.80. The van der Waals surface area contributed by atoms with Gasteiger partial charge in [0.25, 0.3) is 5.91 Å². The van der Waals surface area contributed by atoms with Crippen LogP contribution in [0.4, 0.5) is 17.1 Å². The van der Waals surface area contributed by atoms with Crippen molar-refractivity contribution in [1.82, 2.24) is 4.90 Å². The van der Waals surface area contributed by atoms with Crippen molar-refractivity contribution in [1.29, 1.82) is 0 Å². The van der Waals surface area contributed by atoms with Gasteiger partial charge in [-0.05, 0) is 79.8 Å². The number of hydrogen-bond acceptors (Lipinski definition) is 4. The number of nitrogens with zero attached hydrogens (tertiary/aromatic N) is 2. The number of carboxylic acids is 1. The minimum Gasteiger partial charge on any atom is -0.478 e. The Bertz CT molecular complexity index is 1180. The van der Waals surface area contributed by atoms with Crippen LogP contribution < -0.4 is 10.2 Å². The molecule has 0 saturated carbocycles. The fourth-order valence-corrected chi connectivity index (χ4v) is 4.97. The highest BCUT2D eigenvalue weighted by molar-refractivity contribution is 5.95. The highest BCUT2D eigenvalue weighted by atomic mass is 16.4. The van der Waals surface area contributed by atoms with Crippen LogP contribution in [0.2, 0.25) is 0 Å². The van der Waals surface area contributed by atoms with E-state index in [1.807, 2.05) is 23.1 Å². The van der Waals surface area contributed by atoms with E-state index in [0.717, 1.165) is 49.2 Å². The number of carbonyl (C=O) groups is 2. The molecule has 5 rings (SSSR count). The third-order valence-corrected chi connectivity index (χ3v) is 6.80. The van der Waals surface area contributed by atoms with Crippen molar-refractivity contribution in [2.75, 3.05) is 29.9 Å². The molecular weight excluding hydrogens is 426 g/mol. The molecule has 0 spiro atoms. The van der Waals surface area contributed by atoms with E-state index in [-0.39, 0.29) is 17.5 Å². The van der Waals surface area contributed by atoms with Gasteiger partial charge in [0, 0.05) is 48.3 Å². The van der Waals surface area contributed by atoms with Gasteiger partial charge in [0.2, 0.25) is 0 Å². The third kappa shape index (κ3) is 4.62. The van der Waals surface area contributed by atoms with Crippen molar-refractivity contribution in [3.63, 3.8) is 0 Å². The van der Waals surface area contributed by atoms with Crippen LogP contribution >= 0.6 is 0 Å². The van der Waals surface area contributed by atoms with Crippen LogP contribution in [0.1, 0.15) is 45.5 Å². The summed E-state index contributed by atoms with van der Waals surface area (Å²) in [5.74, 6) is -0.864. The number of nitrogens with one attached hydrogen (secondary N) is 1. The number of fused-ring (bicyclic) bond motifs is 1. The summed E-state index contributed by atoms with van der Waals surface area (Å²) in [6, 6.07) is 23.6. The molecule has 2 aliphatic heterocycles. The van der Waals surface area contributed by atoms with Crippen molar-refractivity contribution in [3.8, 4) is 0 Å². The first-order chi connectivity index (χ1) is 16.6. The maximum Gasteiger partial charge on any atom is 0.335 e. The Kier molecular flexibility index (Phi) is 6.21. The van der Waals surface area contributed by atoms with Crippen LogP contribution in [0.15, 0.2) is 72.8 Å². The minimum atomic E-state index is -0.931. The number of anilines is 3. The zero-order chi connectivity index (χ0) is 23.5. The van der Waals surface area contributed by atoms with Gasteiger partial charge < -0.3 is 20.2 Å². The number of amides is 1. The highest BCUT2D eigenvalue weighted by Crippen LogP contribution is 2.33. The number of aryl methyl sites for hydroxylation is 1. The zero-order valence-electron chi connectivity index (χ0n) is 19.1. The van der Waals surface area contributed by atoms with Gasteiger partial charge in [-0.15, -0.1) is 0 Å². The Morgan fingerprint density at radius 3 is 2.38 bits per heavy atom. The summed E-state index contributed by atoms with van der Waals surface area (Å²) in [7, 11) is 0. The van der Waals surface area contributed by atoms with Crippen LogP contribution in [-0.4, -0.2) is 47.6 Å². The molecule has 2 heterocycles. The van der Waals surface area contributed by atoms with Crippen molar-refractivity contribution in [2.24, 2.45) is 0 Å². The van der Waals surface area contributed by atoms with E-state index in [2.05, 4.69) is 46.6 Å². The van der Waals surface area contributed by atoms with E-state index in [4.69, 9.17) is 0 Å². The Labute approximate surface area is 199 Å². The van der Waals surface area contributed by atoms with Gasteiger partial charge in [-0.3, -0.25) is 4.79 Å². The lowest BCUT2D eigenvalue weighted by Crippen LogP contribution is -2.42. The van der Waals surface area contributed by atoms with Gasteiger partial charge in [0.15, 0.2) is 0 Å². The summed E-state index contributed by atoms with van der Waals surface area (Å²) in [4.78, 5) is 28.5. The molecule has 0 bridgehead atoms. The molecule has 0 aliphatic carbocycles. The summed E-state index contributed by atoms with van der Waals surface area (Å²) in [6.07, 6.45) is 3.89. The lowest BCUT2D eigenvalue weighted by Gasteiger charge is -2.33. The molecule has 1 saturated heterocycles. The molecule has 0 atom stereocenters. The first-order valence-electron chi connectivity index (χ1n) is 11.9. The fourth-order valence-electron chi connectivity index (χ4n) is 4.97. The van der Waals surface area contributed by atoms with Crippen LogP contribution in [0.3, 0.4) is 0 Å².